The first-order chi connectivity index (χ1) is 30.9. The number of H-pyrrole nitrogens is 2. The molecule has 6 heterocycles. The fourth-order valence-corrected chi connectivity index (χ4v) is 13.2. The number of rotatable bonds is 11. The third-order valence-electron chi connectivity index (χ3n) is 14.2. The van der Waals surface area contributed by atoms with Crippen molar-refractivity contribution in [2.45, 2.75) is 122 Å². The van der Waals surface area contributed by atoms with Crippen LogP contribution in [-0.2, 0) is 31.9 Å². The van der Waals surface area contributed by atoms with Gasteiger partial charge in [-0.1, -0.05) is 46.6 Å². The van der Waals surface area contributed by atoms with Crippen LogP contribution in [0, 0.1) is 17.3 Å². The van der Waals surface area contributed by atoms with Gasteiger partial charge in [-0.2, -0.15) is 0 Å². The van der Waals surface area contributed by atoms with Crippen molar-refractivity contribution in [3.63, 3.8) is 0 Å². The molecular weight excluding hydrogens is 849 g/mol. The molecule has 9 rings (SSSR count). The van der Waals surface area contributed by atoms with Crippen LogP contribution in [0.2, 0.25) is 0 Å². The molecule has 4 amide bonds. The molecule has 64 heavy (non-hydrogen) atoms. The van der Waals surface area contributed by atoms with Gasteiger partial charge in [0, 0.05) is 27.7 Å². The zero-order chi connectivity index (χ0) is 44.9. The number of nitrogens with one attached hydrogen (secondary N) is 4. The average molecular weight is 909 g/mol. The van der Waals surface area contributed by atoms with Crippen LogP contribution in [0.25, 0.3) is 41.8 Å². The monoisotopic (exact) mass is 908 g/mol. The normalized spacial score (nSPS) is 20.3. The van der Waals surface area contributed by atoms with Crippen LogP contribution in [0.3, 0.4) is 0 Å². The molecule has 0 bridgehead atoms. The largest absolute Gasteiger partial charge is 0.453 e. The number of imidazole rings is 2. The van der Waals surface area contributed by atoms with E-state index in [0.717, 1.165) is 71.8 Å². The van der Waals surface area contributed by atoms with Crippen LogP contribution in [0.5, 0.6) is 0 Å². The quantitative estimate of drug-likeness (QED) is 0.101. The van der Waals surface area contributed by atoms with Crippen LogP contribution < -0.4 is 10.6 Å². The van der Waals surface area contributed by atoms with E-state index >= 15 is 0 Å². The Hall–Kier alpha value is -5.22. The molecule has 14 nitrogen and oxygen atoms in total. The van der Waals surface area contributed by atoms with Gasteiger partial charge in [0.1, 0.15) is 23.7 Å². The summed E-state index contributed by atoms with van der Waals surface area (Å²) >= 11 is 3.68. The Morgan fingerprint density at radius 2 is 1.38 bits per heavy atom. The maximum atomic E-state index is 13.9. The minimum absolute atomic E-state index is 0.104. The van der Waals surface area contributed by atoms with Crippen LogP contribution in [0.4, 0.5) is 9.59 Å². The van der Waals surface area contributed by atoms with E-state index in [9.17, 15) is 19.2 Å². The molecule has 4 N–H and O–H groups in total. The molecule has 340 valence electrons. The zero-order valence-corrected chi connectivity index (χ0v) is 39.3. The number of thiophene rings is 2. The highest BCUT2D eigenvalue weighted by molar-refractivity contribution is 7.25. The third-order valence-corrected chi connectivity index (χ3v) is 16.8. The van der Waals surface area contributed by atoms with Crippen molar-refractivity contribution in [3.05, 3.63) is 59.3 Å². The van der Waals surface area contributed by atoms with Crippen molar-refractivity contribution >= 4 is 57.7 Å². The summed E-state index contributed by atoms with van der Waals surface area (Å²) in [5, 5.41) is 5.49. The highest BCUT2D eigenvalue weighted by Gasteiger charge is 2.42. The second-order valence-corrected chi connectivity index (χ2v) is 21.0. The van der Waals surface area contributed by atoms with E-state index in [1.807, 2.05) is 55.0 Å². The number of likely N-dealkylation sites (tertiary alicyclic amines) is 2. The van der Waals surface area contributed by atoms with E-state index in [-0.39, 0.29) is 35.7 Å². The van der Waals surface area contributed by atoms with Crippen LogP contribution in [0.15, 0.2) is 36.5 Å². The Morgan fingerprint density at radius 1 is 0.750 bits per heavy atom. The van der Waals surface area contributed by atoms with Crippen molar-refractivity contribution < 1.29 is 28.7 Å². The summed E-state index contributed by atoms with van der Waals surface area (Å²) < 4.78 is 9.65. The molecule has 0 unspecified atom stereocenters. The lowest BCUT2D eigenvalue weighted by Gasteiger charge is -2.34. The summed E-state index contributed by atoms with van der Waals surface area (Å²) in [4.78, 5) is 77.7. The highest BCUT2D eigenvalue weighted by atomic mass is 32.1. The number of nitrogens with zero attached hydrogens (tertiary/aromatic N) is 4. The van der Waals surface area contributed by atoms with Crippen molar-refractivity contribution in [1.82, 2.24) is 40.4 Å². The Morgan fingerprint density at radius 3 is 2.00 bits per heavy atom. The van der Waals surface area contributed by atoms with Crippen molar-refractivity contribution in [2.75, 3.05) is 27.3 Å². The lowest BCUT2D eigenvalue weighted by molar-refractivity contribution is -0.136. The fourth-order valence-electron chi connectivity index (χ4n) is 10.7. The minimum atomic E-state index is -0.690. The van der Waals surface area contributed by atoms with Crippen LogP contribution >= 0.6 is 22.7 Å². The first kappa shape index (κ1) is 44.0. The first-order valence-electron chi connectivity index (χ1n) is 23.0. The molecule has 2 aliphatic heterocycles. The summed E-state index contributed by atoms with van der Waals surface area (Å²) in [7, 11) is 2.62. The second-order valence-electron chi connectivity index (χ2n) is 18.9. The number of benzene rings is 1. The number of aromatic amines is 2. The number of alkyl carbamates (subject to hydrolysis) is 2. The standard InChI is InChI=1S/C48H60N8O6S2/c1-26(2)38(53-46(59)61-5)44(57)55-21-9-11-34(55)42-49-25-33(52-42)36-15-16-37(63-36)41-30-24-48(18-7-8-19-48)20-17-29(30)40(64-41)28-13-14-31-32(23-28)51-43(50-31)35-12-10-22-56(35)45(58)39(27(3)4)54-47(60)62-6/h13-16,23,25-27,34-35,38-39H,7-12,17-22,24H2,1-6H3,(H,49,52)(H,50,51)(H,53,59)(H,54,60)/t34-,35-,38-,39+/m0/s1. The fraction of sp³-hybridized carbons (Fsp3) is 0.542. The van der Waals surface area contributed by atoms with Gasteiger partial charge in [0.2, 0.25) is 11.8 Å². The van der Waals surface area contributed by atoms with E-state index in [1.54, 1.807) is 11.3 Å². The second kappa shape index (κ2) is 18.0. The number of methoxy groups -OCH3 is 2. The average Bonchev–Trinajstić information content (AvgIpc) is 4.15. The van der Waals surface area contributed by atoms with E-state index in [2.05, 4.69) is 50.9 Å². The van der Waals surface area contributed by atoms with Gasteiger partial charge in [0.25, 0.3) is 0 Å². The molecule has 0 radical (unpaired) electrons. The number of hydrogen-bond donors (Lipinski definition) is 4. The molecule has 4 atom stereocenters. The number of aromatic nitrogens is 4. The summed E-state index contributed by atoms with van der Waals surface area (Å²) in [6.07, 6.45) is 12.5. The summed E-state index contributed by atoms with van der Waals surface area (Å²) in [6, 6.07) is 9.19. The molecule has 1 spiro atoms. The number of hydrogen-bond acceptors (Lipinski definition) is 10. The Kier molecular flexibility index (Phi) is 12.4. The van der Waals surface area contributed by atoms with Gasteiger partial charge in [-0.3, -0.25) is 9.59 Å². The molecule has 2 saturated heterocycles. The Balaban J connectivity index is 0.994. The van der Waals surface area contributed by atoms with Gasteiger partial charge in [-0.25, -0.2) is 19.6 Å². The maximum Gasteiger partial charge on any atom is 0.407 e. The van der Waals surface area contributed by atoms with Gasteiger partial charge >= 0.3 is 12.2 Å². The van der Waals surface area contributed by atoms with E-state index < -0.39 is 24.3 Å². The predicted octanol–water partition coefficient (Wildman–Crippen LogP) is 9.55. The molecule has 3 fully saturated rings. The number of carbonyl (C=O) groups is 4. The predicted molar refractivity (Wildman–Crippen MR) is 249 cm³/mol. The highest BCUT2D eigenvalue weighted by Crippen LogP contribution is 2.55. The first-order valence-corrected chi connectivity index (χ1v) is 24.6. The Bertz CT molecular complexity index is 2550. The SMILES string of the molecule is COC(=O)N[C@H](C(=O)N1CCC[C@H]1c1ncc(-c2ccc(-c3sc(-c4ccc5nc([C@@H]6CCCN6C(=O)[C@H](NC(=O)OC)C(C)C)[nH]c5c4)c4c3CC3(CCCC3)CC4)s2)[nH]1)C(C)C. The molecule has 4 aliphatic rings. The molecule has 5 aromatic rings. The van der Waals surface area contributed by atoms with E-state index in [1.165, 1.54) is 77.6 Å². The third kappa shape index (κ3) is 8.31. The maximum absolute atomic E-state index is 13.9. The van der Waals surface area contributed by atoms with Gasteiger partial charge in [0.15, 0.2) is 0 Å². The van der Waals surface area contributed by atoms with Crippen molar-refractivity contribution in [3.8, 4) is 30.8 Å². The van der Waals surface area contributed by atoms with E-state index in [0.29, 0.717) is 18.5 Å². The number of carbonyl (C=O) groups excluding carboxylic acids is 4. The lowest BCUT2D eigenvalue weighted by Crippen LogP contribution is -2.51. The topological polar surface area (TPSA) is 175 Å². The van der Waals surface area contributed by atoms with Crippen LogP contribution in [-0.4, -0.2) is 93.1 Å². The molecule has 4 aromatic heterocycles. The van der Waals surface area contributed by atoms with Crippen LogP contribution in [0.1, 0.15) is 120 Å². The van der Waals surface area contributed by atoms with Gasteiger partial charge < -0.3 is 39.9 Å². The Labute approximate surface area is 382 Å². The van der Waals surface area contributed by atoms with Gasteiger partial charge in [-0.15, -0.1) is 22.7 Å². The molecular formula is C48H60N8O6S2. The summed E-state index contributed by atoms with van der Waals surface area (Å²) in [6.45, 7) is 8.91. The number of amides is 4. The minimum Gasteiger partial charge on any atom is -0.453 e. The summed E-state index contributed by atoms with van der Waals surface area (Å²) in [5.41, 5.74) is 7.25. The van der Waals surface area contributed by atoms with E-state index in [4.69, 9.17) is 19.4 Å². The number of ether oxygens (including phenoxy) is 2. The molecule has 16 heteroatoms. The van der Waals surface area contributed by atoms with Gasteiger partial charge in [-0.05, 0) is 116 Å². The molecule has 1 aromatic carbocycles. The smallest absolute Gasteiger partial charge is 0.407 e. The van der Waals surface area contributed by atoms with Crippen molar-refractivity contribution in [2.24, 2.45) is 17.3 Å². The molecule has 2 aliphatic carbocycles. The lowest BCUT2D eigenvalue weighted by atomic mass is 9.70. The number of fused-ring (bicyclic) bond motifs is 2. The van der Waals surface area contributed by atoms with Gasteiger partial charge in [0.05, 0.1) is 54.1 Å². The summed E-state index contributed by atoms with van der Waals surface area (Å²) in [5.74, 6) is 1.08. The van der Waals surface area contributed by atoms with Crippen molar-refractivity contribution in [1.29, 1.82) is 0 Å². The molecule has 1 saturated carbocycles. The zero-order valence-electron chi connectivity index (χ0n) is 37.7.